The maximum Gasteiger partial charge on any atom is 0.309 e. The van der Waals surface area contributed by atoms with Gasteiger partial charge in [0.05, 0.1) is 6.42 Å². The summed E-state index contributed by atoms with van der Waals surface area (Å²) >= 11 is 0. The predicted octanol–water partition coefficient (Wildman–Crippen LogP) is 9.76. The zero-order valence-corrected chi connectivity index (χ0v) is 22.9. The Morgan fingerprint density at radius 3 is 1.30 bits per heavy atom. The van der Waals surface area contributed by atoms with E-state index in [1.54, 1.807) is 0 Å². The van der Waals surface area contributed by atoms with Gasteiger partial charge in [-0.15, -0.1) is 0 Å². The van der Waals surface area contributed by atoms with E-state index in [0.717, 1.165) is 51.4 Å². The summed E-state index contributed by atoms with van der Waals surface area (Å²) in [4.78, 5) is 12.0. The number of rotatable bonds is 16. The number of allylic oxidation sites excluding steroid dienone is 10. The van der Waals surface area contributed by atoms with Crippen LogP contribution in [0.15, 0.2) is 69.9 Å². The highest BCUT2D eigenvalue weighted by molar-refractivity contribution is 5.71. The van der Waals surface area contributed by atoms with Crippen LogP contribution in [0.4, 0.5) is 0 Å². The maximum absolute atomic E-state index is 12.0. The van der Waals surface area contributed by atoms with Gasteiger partial charge in [0.1, 0.15) is 6.61 Å². The van der Waals surface area contributed by atoms with Crippen LogP contribution in [-0.4, -0.2) is 12.6 Å². The van der Waals surface area contributed by atoms with Crippen molar-refractivity contribution in [1.82, 2.24) is 0 Å². The molecule has 0 aromatic rings. The minimum Gasteiger partial charge on any atom is -0.461 e. The second-order valence-electron chi connectivity index (χ2n) is 9.81. The van der Waals surface area contributed by atoms with Gasteiger partial charge in [-0.05, 0) is 113 Å². The SMILES string of the molecule is CC(C)=CCCC(C)=CCCC(C)=CCOC(=O)C/C=C(\C)CC/C=C(\C)CCC=C(C)C. The summed E-state index contributed by atoms with van der Waals surface area (Å²) < 4.78 is 5.37. The summed E-state index contributed by atoms with van der Waals surface area (Å²) in [5.41, 5.74) is 8.18. The lowest BCUT2D eigenvalue weighted by molar-refractivity contribution is -0.141. The third kappa shape index (κ3) is 21.5. The van der Waals surface area contributed by atoms with Crippen LogP contribution in [0.25, 0.3) is 0 Å². The first-order valence-corrected chi connectivity index (χ1v) is 12.6. The molecule has 0 atom stereocenters. The van der Waals surface area contributed by atoms with Gasteiger partial charge < -0.3 is 4.74 Å². The molecule has 2 heteroatoms. The number of hydrogen-bond donors (Lipinski definition) is 0. The lowest BCUT2D eigenvalue weighted by Gasteiger charge is -2.04. The fraction of sp³-hybridized carbons (Fsp3) is 0.581. The van der Waals surface area contributed by atoms with Crippen LogP contribution in [-0.2, 0) is 9.53 Å². The minimum absolute atomic E-state index is 0.151. The summed E-state index contributed by atoms with van der Waals surface area (Å²) in [7, 11) is 0. The number of carbonyl (C=O) groups is 1. The van der Waals surface area contributed by atoms with E-state index in [-0.39, 0.29) is 5.97 Å². The molecule has 0 aromatic heterocycles. The molecule has 0 aliphatic rings. The van der Waals surface area contributed by atoms with E-state index in [0.29, 0.717) is 13.0 Å². The molecule has 0 spiro atoms. The Morgan fingerprint density at radius 2 is 0.879 bits per heavy atom. The molecule has 0 fully saturated rings. The lowest BCUT2D eigenvalue weighted by Crippen LogP contribution is -2.03. The quantitative estimate of drug-likeness (QED) is 0.171. The van der Waals surface area contributed by atoms with Crippen molar-refractivity contribution in [3.63, 3.8) is 0 Å². The third-order valence-electron chi connectivity index (χ3n) is 5.54. The van der Waals surface area contributed by atoms with Crippen LogP contribution in [0, 0.1) is 0 Å². The van der Waals surface area contributed by atoms with Gasteiger partial charge in [-0.3, -0.25) is 4.79 Å². The van der Waals surface area contributed by atoms with Gasteiger partial charge in [-0.1, -0.05) is 63.8 Å². The molecule has 0 heterocycles. The number of hydrogen-bond acceptors (Lipinski definition) is 2. The molecule has 0 N–H and O–H groups in total. The smallest absolute Gasteiger partial charge is 0.309 e. The first kappa shape index (κ1) is 30.9. The van der Waals surface area contributed by atoms with Crippen LogP contribution in [0.2, 0.25) is 0 Å². The van der Waals surface area contributed by atoms with E-state index in [2.05, 4.69) is 79.7 Å². The van der Waals surface area contributed by atoms with E-state index < -0.39 is 0 Å². The van der Waals surface area contributed by atoms with E-state index in [9.17, 15) is 4.79 Å². The van der Waals surface area contributed by atoms with Crippen molar-refractivity contribution >= 4 is 5.97 Å². The average molecular weight is 455 g/mol. The Bertz CT molecular complexity index is 746. The molecule has 0 aliphatic heterocycles. The van der Waals surface area contributed by atoms with Crippen molar-refractivity contribution in [1.29, 1.82) is 0 Å². The second kappa shape index (κ2) is 19.4. The maximum atomic E-state index is 12.0. The van der Waals surface area contributed by atoms with Crippen LogP contribution < -0.4 is 0 Å². The summed E-state index contributed by atoms with van der Waals surface area (Å²) in [6.07, 6.45) is 22.2. The average Bonchev–Trinajstić information content (AvgIpc) is 2.71. The molecule has 2 nitrogen and oxygen atoms in total. The first-order valence-electron chi connectivity index (χ1n) is 12.6. The minimum atomic E-state index is -0.151. The molecule has 33 heavy (non-hydrogen) atoms. The summed E-state index contributed by atoms with van der Waals surface area (Å²) in [5.74, 6) is -0.151. The van der Waals surface area contributed by atoms with Crippen LogP contribution >= 0.6 is 0 Å². The molecule has 0 rings (SSSR count). The van der Waals surface area contributed by atoms with Crippen molar-refractivity contribution in [2.24, 2.45) is 0 Å². The van der Waals surface area contributed by atoms with E-state index >= 15 is 0 Å². The van der Waals surface area contributed by atoms with Gasteiger partial charge in [0.2, 0.25) is 0 Å². The van der Waals surface area contributed by atoms with E-state index in [1.807, 2.05) is 12.2 Å². The van der Waals surface area contributed by atoms with Crippen molar-refractivity contribution in [2.45, 2.75) is 113 Å². The summed E-state index contributed by atoms with van der Waals surface area (Å²) in [5, 5.41) is 0. The Balaban J connectivity index is 4.12. The second-order valence-corrected chi connectivity index (χ2v) is 9.81. The van der Waals surface area contributed by atoms with Crippen LogP contribution in [0.3, 0.4) is 0 Å². The molecule has 0 aliphatic carbocycles. The monoisotopic (exact) mass is 454 g/mol. The molecule has 0 bridgehead atoms. The van der Waals surface area contributed by atoms with Gasteiger partial charge in [0.25, 0.3) is 0 Å². The molecular formula is C31H50O2. The van der Waals surface area contributed by atoms with Crippen LogP contribution in [0.5, 0.6) is 0 Å². The van der Waals surface area contributed by atoms with Gasteiger partial charge in [0, 0.05) is 0 Å². The summed E-state index contributed by atoms with van der Waals surface area (Å²) in [6, 6.07) is 0. The number of ether oxygens (including phenoxy) is 1. The topological polar surface area (TPSA) is 26.3 Å². The zero-order chi connectivity index (χ0) is 25.1. The standard InChI is InChI=1S/C31H50O2/c1-25(2)13-9-15-27(5)17-11-19-29(7)21-22-31(32)33-24-23-30(8)20-12-18-28(6)16-10-14-26(3)4/h13-14,17-18,21,23H,9-12,15-16,19-20,22,24H2,1-8H3/b27-17+,28-18?,29-21+,30-23?. The highest BCUT2D eigenvalue weighted by Gasteiger charge is 2.00. The largest absolute Gasteiger partial charge is 0.461 e. The predicted molar refractivity (Wildman–Crippen MR) is 146 cm³/mol. The highest BCUT2D eigenvalue weighted by atomic mass is 16.5. The Kier molecular flexibility index (Phi) is 18.2. The van der Waals surface area contributed by atoms with Crippen molar-refractivity contribution in [2.75, 3.05) is 6.61 Å². The molecule has 0 saturated carbocycles. The van der Waals surface area contributed by atoms with Crippen LogP contribution in [0.1, 0.15) is 113 Å². The van der Waals surface area contributed by atoms with E-state index in [1.165, 1.54) is 33.4 Å². The first-order chi connectivity index (χ1) is 15.6. The molecule has 186 valence electrons. The number of esters is 1. The molecule has 0 radical (unpaired) electrons. The van der Waals surface area contributed by atoms with Gasteiger partial charge in [-0.25, -0.2) is 0 Å². The normalized spacial score (nSPS) is 13.1. The molecule has 0 aromatic carbocycles. The van der Waals surface area contributed by atoms with Crippen molar-refractivity contribution < 1.29 is 9.53 Å². The van der Waals surface area contributed by atoms with Gasteiger partial charge >= 0.3 is 5.97 Å². The van der Waals surface area contributed by atoms with Crippen molar-refractivity contribution in [3.8, 4) is 0 Å². The zero-order valence-electron chi connectivity index (χ0n) is 22.9. The fourth-order valence-electron chi connectivity index (χ4n) is 3.27. The van der Waals surface area contributed by atoms with Gasteiger partial charge in [0.15, 0.2) is 0 Å². The molecular weight excluding hydrogens is 404 g/mol. The number of carbonyl (C=O) groups excluding carboxylic acids is 1. The van der Waals surface area contributed by atoms with Crippen molar-refractivity contribution in [3.05, 3.63) is 69.9 Å². The summed E-state index contributed by atoms with van der Waals surface area (Å²) in [6.45, 7) is 17.6. The van der Waals surface area contributed by atoms with Gasteiger partial charge in [-0.2, -0.15) is 0 Å². The highest BCUT2D eigenvalue weighted by Crippen LogP contribution is 2.13. The third-order valence-corrected chi connectivity index (χ3v) is 5.54. The fourth-order valence-corrected chi connectivity index (χ4v) is 3.27. The Morgan fingerprint density at radius 1 is 0.515 bits per heavy atom. The van der Waals surface area contributed by atoms with E-state index in [4.69, 9.17) is 4.74 Å². The lowest BCUT2D eigenvalue weighted by atomic mass is 10.1. The Hall–Kier alpha value is -2.09. The Labute approximate surface area is 205 Å². The molecule has 0 amide bonds. The molecule has 0 unspecified atom stereocenters. The molecule has 0 saturated heterocycles.